The van der Waals surface area contributed by atoms with Gasteiger partial charge in [0.2, 0.25) is 0 Å². The fraction of sp³-hybridized carbons (Fsp3) is 0.556. The molecule has 0 aromatic carbocycles. The van der Waals surface area contributed by atoms with Gasteiger partial charge in [0.25, 0.3) is 0 Å². The third kappa shape index (κ3) is 8.58. The maximum Gasteiger partial charge on any atom is 2.00 e. The molecule has 0 unspecified atom stereocenters. The third-order valence-corrected chi connectivity index (χ3v) is 3.57. The molecule has 21 heavy (non-hydrogen) atoms. The number of hydrogen-bond donors (Lipinski definition) is 0. The van der Waals surface area contributed by atoms with Crippen molar-refractivity contribution in [3.05, 3.63) is 46.6 Å². The van der Waals surface area contributed by atoms with E-state index in [9.17, 15) is 0 Å². The van der Waals surface area contributed by atoms with E-state index < -0.39 is 0 Å². The van der Waals surface area contributed by atoms with Crippen molar-refractivity contribution in [1.82, 2.24) is 0 Å². The molecule has 0 aliphatic heterocycles. The molecular formula is C18H28Cl2Zr. The van der Waals surface area contributed by atoms with Gasteiger partial charge in [0.1, 0.15) is 0 Å². The summed E-state index contributed by atoms with van der Waals surface area (Å²) in [7, 11) is 0. The van der Waals surface area contributed by atoms with E-state index in [0.717, 1.165) is 25.7 Å². The van der Waals surface area contributed by atoms with Crippen molar-refractivity contribution in [2.24, 2.45) is 0 Å². The van der Waals surface area contributed by atoms with Gasteiger partial charge >= 0.3 is 26.2 Å². The normalized spacial score (nSPS) is 15.0. The molecule has 0 bridgehead atoms. The van der Waals surface area contributed by atoms with Gasteiger partial charge in [-0.2, -0.15) is 23.3 Å². The first-order valence-corrected chi connectivity index (χ1v) is 7.34. The first-order valence-electron chi connectivity index (χ1n) is 7.34. The van der Waals surface area contributed by atoms with E-state index in [2.05, 4.69) is 52.0 Å². The van der Waals surface area contributed by atoms with Gasteiger partial charge in [-0.3, -0.25) is 12.2 Å². The zero-order valence-electron chi connectivity index (χ0n) is 13.7. The molecular weight excluding hydrogens is 378 g/mol. The van der Waals surface area contributed by atoms with Crippen molar-refractivity contribution >= 4 is 24.8 Å². The first-order chi connectivity index (χ1) is 8.76. The molecule has 3 heteroatoms. The standard InChI is InChI=1S/2C9H13.2ClH.Zr/c2*1-3-8-6-5-7-9(8)4-2;;;/h2*6H,3-5H2,1-2H3;2*1H;/q2*-1;;;+2. The van der Waals surface area contributed by atoms with Gasteiger partial charge in [-0.1, -0.05) is 53.4 Å². The van der Waals surface area contributed by atoms with Crippen LogP contribution >= 0.6 is 24.8 Å². The van der Waals surface area contributed by atoms with E-state index in [4.69, 9.17) is 0 Å². The third-order valence-electron chi connectivity index (χ3n) is 3.57. The Labute approximate surface area is 163 Å². The number of rotatable bonds is 4. The summed E-state index contributed by atoms with van der Waals surface area (Å²) in [6.45, 7) is 8.79. The van der Waals surface area contributed by atoms with Crippen LogP contribution in [0.1, 0.15) is 66.2 Å². The van der Waals surface area contributed by atoms with Crippen LogP contribution in [0.25, 0.3) is 0 Å². The Bertz CT molecular complexity index is 316. The first kappa shape index (κ1) is 26.3. The Morgan fingerprint density at radius 2 is 1.05 bits per heavy atom. The summed E-state index contributed by atoms with van der Waals surface area (Å²) in [5.41, 5.74) is 5.91. The van der Waals surface area contributed by atoms with Gasteiger partial charge < -0.3 is 0 Å². The molecule has 0 nitrogen and oxygen atoms in total. The minimum absolute atomic E-state index is 0. The van der Waals surface area contributed by atoms with Crippen LogP contribution in [0, 0.1) is 12.2 Å². The summed E-state index contributed by atoms with van der Waals surface area (Å²) in [4.78, 5) is 0. The molecule has 0 N–H and O–H groups in total. The zero-order valence-corrected chi connectivity index (χ0v) is 17.8. The molecule has 0 radical (unpaired) electrons. The second-order valence-electron chi connectivity index (χ2n) is 4.59. The molecule has 0 aromatic heterocycles. The summed E-state index contributed by atoms with van der Waals surface area (Å²) in [6.07, 6.45) is 18.0. The van der Waals surface area contributed by atoms with Gasteiger partial charge in [-0.15, -0.1) is 37.7 Å². The van der Waals surface area contributed by atoms with Crippen LogP contribution in [0.15, 0.2) is 34.4 Å². The molecule has 0 saturated carbocycles. The van der Waals surface area contributed by atoms with Gasteiger partial charge in [0, 0.05) is 0 Å². The smallest absolute Gasteiger partial charge is 0.269 e. The Balaban J connectivity index is -0.000000270. The van der Waals surface area contributed by atoms with Crippen molar-refractivity contribution in [2.45, 2.75) is 66.2 Å². The summed E-state index contributed by atoms with van der Waals surface area (Å²) in [6, 6.07) is 0. The van der Waals surface area contributed by atoms with Crippen molar-refractivity contribution in [3.63, 3.8) is 0 Å². The monoisotopic (exact) mass is 404 g/mol. The minimum atomic E-state index is 0. The number of halogens is 2. The van der Waals surface area contributed by atoms with E-state index in [-0.39, 0.29) is 51.0 Å². The second-order valence-corrected chi connectivity index (χ2v) is 4.59. The van der Waals surface area contributed by atoms with E-state index in [1.807, 2.05) is 0 Å². The van der Waals surface area contributed by atoms with Crippen LogP contribution in [-0.4, -0.2) is 0 Å². The molecule has 2 aliphatic carbocycles. The molecule has 2 rings (SSSR count). The van der Waals surface area contributed by atoms with Gasteiger partial charge in [-0.25, -0.2) is 11.1 Å². The second kappa shape index (κ2) is 15.3. The zero-order chi connectivity index (χ0) is 13.4. The largest absolute Gasteiger partial charge is 2.00 e. The van der Waals surface area contributed by atoms with Gasteiger partial charge in [0.05, 0.1) is 0 Å². The van der Waals surface area contributed by atoms with Crippen molar-refractivity contribution in [2.75, 3.05) is 0 Å². The molecule has 118 valence electrons. The maximum atomic E-state index is 3.33. The fourth-order valence-corrected chi connectivity index (χ4v) is 2.49. The van der Waals surface area contributed by atoms with Gasteiger partial charge in [-0.05, 0) is 0 Å². The van der Waals surface area contributed by atoms with Crippen molar-refractivity contribution < 1.29 is 26.2 Å². The summed E-state index contributed by atoms with van der Waals surface area (Å²) >= 11 is 0. The quantitative estimate of drug-likeness (QED) is 0.463. The number of hydrogen-bond acceptors (Lipinski definition) is 0. The molecule has 0 saturated heterocycles. The Morgan fingerprint density at radius 3 is 1.24 bits per heavy atom. The van der Waals surface area contributed by atoms with Crippen molar-refractivity contribution in [3.8, 4) is 0 Å². The Kier molecular flexibility index (Phi) is 19.2. The van der Waals surface area contributed by atoms with Crippen LogP contribution in [0.5, 0.6) is 0 Å². The summed E-state index contributed by atoms with van der Waals surface area (Å²) < 4.78 is 0. The van der Waals surface area contributed by atoms with Crippen LogP contribution in [0.3, 0.4) is 0 Å². The summed E-state index contributed by atoms with van der Waals surface area (Å²) in [5.74, 6) is 0. The molecule has 0 amide bonds. The molecule has 0 fully saturated rings. The predicted molar refractivity (Wildman–Crippen MR) is 94.6 cm³/mol. The topological polar surface area (TPSA) is 0 Å². The van der Waals surface area contributed by atoms with Crippen LogP contribution in [0.4, 0.5) is 0 Å². The van der Waals surface area contributed by atoms with E-state index in [0.29, 0.717) is 0 Å². The average Bonchev–Trinajstić information content (AvgIpc) is 3.06. The van der Waals surface area contributed by atoms with E-state index >= 15 is 0 Å². The summed E-state index contributed by atoms with van der Waals surface area (Å²) in [5, 5.41) is 0. The van der Waals surface area contributed by atoms with Crippen LogP contribution in [-0.2, 0) is 26.2 Å². The number of allylic oxidation sites excluding steroid dienone is 8. The molecule has 0 aromatic rings. The Morgan fingerprint density at radius 1 is 0.714 bits per heavy atom. The minimum Gasteiger partial charge on any atom is -0.269 e. The molecule has 0 spiro atoms. The molecule has 2 aliphatic rings. The van der Waals surface area contributed by atoms with Crippen molar-refractivity contribution in [1.29, 1.82) is 0 Å². The van der Waals surface area contributed by atoms with E-state index in [1.54, 1.807) is 0 Å². The molecule has 0 atom stereocenters. The maximum absolute atomic E-state index is 3.33. The van der Waals surface area contributed by atoms with Gasteiger partial charge in [0.15, 0.2) is 0 Å². The Hall–Kier alpha value is 0.423. The van der Waals surface area contributed by atoms with Crippen LogP contribution in [0.2, 0.25) is 0 Å². The fourth-order valence-electron chi connectivity index (χ4n) is 2.49. The average molecular weight is 407 g/mol. The predicted octanol–water partition coefficient (Wildman–Crippen LogP) is 6.57. The van der Waals surface area contributed by atoms with Crippen LogP contribution < -0.4 is 0 Å². The SMILES string of the molecule is CCC1=[C-]CC=C1CC.CCC1=[C-]CC=C1CC.Cl.Cl.[Zr+2]. The molecule has 0 heterocycles. The van der Waals surface area contributed by atoms with E-state index in [1.165, 1.54) is 35.1 Å².